The van der Waals surface area contributed by atoms with E-state index < -0.39 is 11.9 Å². The summed E-state index contributed by atoms with van der Waals surface area (Å²) in [6.07, 6.45) is 5.34. The molecule has 132 valence electrons. The van der Waals surface area contributed by atoms with Crippen LogP contribution in [0.25, 0.3) is 0 Å². The van der Waals surface area contributed by atoms with Crippen LogP contribution in [-0.4, -0.2) is 14.7 Å². The number of hydrogen-bond donors (Lipinski definition) is 4. The average Bonchev–Trinajstić information content (AvgIpc) is 2.85. The van der Waals surface area contributed by atoms with Gasteiger partial charge in [-0.05, 0) is 37.8 Å². The first-order valence-electron chi connectivity index (χ1n) is 8.40. The lowest BCUT2D eigenvalue weighted by atomic mass is 9.89. The molecule has 2 aliphatic rings. The van der Waals surface area contributed by atoms with Crippen LogP contribution in [0.2, 0.25) is 5.02 Å². The quantitative estimate of drug-likeness (QED) is 0.654. The van der Waals surface area contributed by atoms with E-state index in [1.807, 2.05) is 0 Å². The largest absolute Gasteiger partial charge is 0.384 e. The molecule has 1 spiro atoms. The Morgan fingerprint density at radius 2 is 2.12 bits per heavy atom. The van der Waals surface area contributed by atoms with E-state index in [1.54, 1.807) is 29.0 Å². The van der Waals surface area contributed by atoms with Crippen LogP contribution < -0.4 is 21.9 Å². The highest BCUT2D eigenvalue weighted by Gasteiger charge is 2.45. The van der Waals surface area contributed by atoms with Gasteiger partial charge in [0.25, 0.3) is 5.56 Å². The fraction of sp³-hybridized carbons (Fsp3) is 0.412. The number of hydrogen-bond acceptors (Lipinski definition) is 6. The summed E-state index contributed by atoms with van der Waals surface area (Å²) in [5.74, 6) is 0.359. The van der Waals surface area contributed by atoms with Crippen LogP contribution in [0.1, 0.15) is 44.0 Å². The molecule has 0 aromatic carbocycles. The van der Waals surface area contributed by atoms with Gasteiger partial charge in [-0.3, -0.25) is 14.7 Å². The molecule has 3 heterocycles. The molecule has 7 nitrogen and oxygen atoms in total. The molecule has 2 aromatic heterocycles. The zero-order valence-corrected chi connectivity index (χ0v) is 14.4. The molecule has 0 bridgehead atoms. The van der Waals surface area contributed by atoms with Crippen LogP contribution in [0.5, 0.6) is 0 Å². The molecule has 25 heavy (non-hydrogen) atoms. The van der Waals surface area contributed by atoms with Crippen LogP contribution >= 0.6 is 11.6 Å². The summed E-state index contributed by atoms with van der Waals surface area (Å²) in [6.45, 7) is 0. The Hall–Kier alpha value is -2.09. The zero-order valence-electron chi connectivity index (χ0n) is 13.6. The fourth-order valence-electron chi connectivity index (χ4n) is 3.94. The lowest BCUT2D eigenvalue weighted by molar-refractivity contribution is 0.0787. The van der Waals surface area contributed by atoms with E-state index >= 15 is 0 Å². The lowest BCUT2D eigenvalue weighted by Crippen LogP contribution is -2.48. The molecule has 0 saturated heterocycles. The number of pyridine rings is 2. The van der Waals surface area contributed by atoms with Gasteiger partial charge in [0, 0.05) is 18.0 Å². The van der Waals surface area contributed by atoms with Crippen molar-refractivity contribution in [2.24, 2.45) is 0 Å². The topological polar surface area (TPSA) is 105 Å². The first-order valence-corrected chi connectivity index (χ1v) is 8.78. The second-order valence-electron chi connectivity index (χ2n) is 6.67. The molecular weight excluding hydrogens is 342 g/mol. The maximum Gasteiger partial charge on any atom is 0.276 e. The Morgan fingerprint density at radius 3 is 2.84 bits per heavy atom. The molecule has 1 aliphatic heterocycles. The van der Waals surface area contributed by atoms with Crippen LogP contribution in [0.4, 0.5) is 17.2 Å². The summed E-state index contributed by atoms with van der Waals surface area (Å²) in [5.41, 5.74) is 6.37. The van der Waals surface area contributed by atoms with Crippen LogP contribution in [0.15, 0.2) is 29.2 Å². The molecule has 1 aliphatic carbocycles. The predicted octanol–water partition coefficient (Wildman–Crippen LogP) is 2.43. The summed E-state index contributed by atoms with van der Waals surface area (Å²) in [6, 6.07) is 4.93. The van der Waals surface area contributed by atoms with Crippen molar-refractivity contribution in [3.05, 3.63) is 45.5 Å². The normalized spacial score (nSPS) is 21.3. The molecule has 1 saturated carbocycles. The second kappa shape index (κ2) is 6.01. The van der Waals surface area contributed by atoms with Gasteiger partial charge in [-0.2, -0.15) is 0 Å². The standard InChI is InChI=1S/C17H20ClN5O2/c18-11-9-12(21-10-4-7-20-13(19)8-10)16(25)23-14(11)15(24)22-17(23)5-2-1-3-6-17/h4,7-9,15,22,24H,1-3,5-6H2,(H3,19,20,21). The third kappa shape index (κ3) is 2.68. The predicted molar refractivity (Wildman–Crippen MR) is 96.8 cm³/mol. The highest BCUT2D eigenvalue weighted by molar-refractivity contribution is 6.31. The Bertz CT molecular complexity index is 876. The van der Waals surface area contributed by atoms with Crippen LogP contribution in [-0.2, 0) is 5.66 Å². The first-order chi connectivity index (χ1) is 12.0. The molecule has 0 radical (unpaired) electrons. The van der Waals surface area contributed by atoms with Crippen molar-refractivity contribution >= 4 is 28.8 Å². The summed E-state index contributed by atoms with van der Waals surface area (Å²) in [4.78, 5) is 17.1. The Labute approximate surface area is 149 Å². The zero-order chi connectivity index (χ0) is 17.6. The van der Waals surface area contributed by atoms with Crippen molar-refractivity contribution in [3.63, 3.8) is 0 Å². The van der Waals surface area contributed by atoms with Gasteiger partial charge in [0.1, 0.15) is 23.4 Å². The minimum absolute atomic E-state index is 0.208. The van der Waals surface area contributed by atoms with Gasteiger partial charge >= 0.3 is 0 Å². The summed E-state index contributed by atoms with van der Waals surface area (Å²) < 4.78 is 1.64. The lowest BCUT2D eigenvalue weighted by Gasteiger charge is -2.35. The Balaban J connectivity index is 1.83. The monoisotopic (exact) mass is 361 g/mol. The van der Waals surface area contributed by atoms with E-state index in [0.29, 0.717) is 27.9 Å². The van der Waals surface area contributed by atoms with Crippen molar-refractivity contribution in [1.82, 2.24) is 14.9 Å². The molecule has 1 fully saturated rings. The minimum atomic E-state index is -0.941. The summed E-state index contributed by atoms with van der Waals surface area (Å²) in [7, 11) is 0. The van der Waals surface area contributed by atoms with Gasteiger partial charge in [-0.15, -0.1) is 0 Å². The molecule has 0 amide bonds. The van der Waals surface area contributed by atoms with E-state index in [-0.39, 0.29) is 5.56 Å². The molecule has 5 N–H and O–H groups in total. The Kier molecular flexibility index (Phi) is 3.94. The van der Waals surface area contributed by atoms with Crippen LogP contribution in [0.3, 0.4) is 0 Å². The number of nitrogens with one attached hydrogen (secondary N) is 2. The maximum atomic E-state index is 13.2. The van der Waals surface area contributed by atoms with Gasteiger partial charge in [-0.25, -0.2) is 4.98 Å². The summed E-state index contributed by atoms with van der Waals surface area (Å²) in [5, 5.41) is 17.0. The van der Waals surface area contributed by atoms with E-state index in [4.69, 9.17) is 17.3 Å². The van der Waals surface area contributed by atoms with E-state index in [0.717, 1.165) is 32.1 Å². The number of rotatable bonds is 2. The third-order valence-corrected chi connectivity index (χ3v) is 5.33. The highest BCUT2D eigenvalue weighted by Crippen LogP contribution is 2.42. The smallest absolute Gasteiger partial charge is 0.276 e. The molecular formula is C17H20ClN5O2. The average molecular weight is 362 g/mol. The summed E-state index contributed by atoms with van der Waals surface area (Å²) >= 11 is 6.40. The number of nitrogens with zero attached hydrogens (tertiary/aromatic N) is 2. The number of aromatic nitrogens is 2. The molecule has 1 atom stereocenters. The van der Waals surface area contributed by atoms with Crippen molar-refractivity contribution in [2.45, 2.75) is 44.0 Å². The van der Waals surface area contributed by atoms with Crippen molar-refractivity contribution in [1.29, 1.82) is 0 Å². The van der Waals surface area contributed by atoms with E-state index in [9.17, 15) is 9.90 Å². The first kappa shape index (κ1) is 16.4. The molecule has 4 rings (SSSR count). The van der Waals surface area contributed by atoms with Crippen LogP contribution in [0, 0.1) is 0 Å². The number of aliphatic hydroxyl groups is 1. The van der Waals surface area contributed by atoms with Crippen molar-refractivity contribution in [3.8, 4) is 0 Å². The number of aliphatic hydroxyl groups excluding tert-OH is 1. The second-order valence-corrected chi connectivity index (χ2v) is 7.07. The van der Waals surface area contributed by atoms with Crippen molar-refractivity contribution < 1.29 is 5.11 Å². The molecule has 2 aromatic rings. The van der Waals surface area contributed by atoms with Gasteiger partial charge in [-0.1, -0.05) is 18.0 Å². The molecule has 1 unspecified atom stereocenters. The van der Waals surface area contributed by atoms with Crippen molar-refractivity contribution in [2.75, 3.05) is 11.1 Å². The van der Waals surface area contributed by atoms with E-state index in [1.165, 1.54) is 0 Å². The Morgan fingerprint density at radius 1 is 1.36 bits per heavy atom. The van der Waals surface area contributed by atoms with Gasteiger partial charge in [0.2, 0.25) is 0 Å². The number of nitrogen functional groups attached to an aromatic ring is 1. The van der Waals surface area contributed by atoms with Gasteiger partial charge in [0.15, 0.2) is 0 Å². The highest BCUT2D eigenvalue weighted by atomic mass is 35.5. The number of anilines is 3. The minimum Gasteiger partial charge on any atom is -0.384 e. The SMILES string of the molecule is Nc1cc(Nc2cc(Cl)c3n(c2=O)C2(CCCCC2)NC3O)ccn1. The molecule has 8 heteroatoms. The van der Waals surface area contributed by atoms with E-state index in [2.05, 4.69) is 15.6 Å². The number of halogens is 1. The fourth-order valence-corrected chi connectivity index (χ4v) is 4.24. The third-order valence-electron chi connectivity index (χ3n) is 5.02. The number of fused-ring (bicyclic) bond motifs is 2. The number of nitrogens with two attached hydrogens (primary N) is 1. The van der Waals surface area contributed by atoms with Gasteiger partial charge in [0.05, 0.1) is 10.7 Å². The maximum absolute atomic E-state index is 13.2. The van der Waals surface area contributed by atoms with Gasteiger partial charge < -0.3 is 16.2 Å².